The van der Waals surface area contributed by atoms with Crippen LogP contribution in [0.4, 0.5) is 0 Å². The summed E-state index contributed by atoms with van der Waals surface area (Å²) in [5.74, 6) is -0.152. The number of hydrogen-bond donors (Lipinski definition) is 2. The van der Waals surface area contributed by atoms with E-state index in [1.807, 2.05) is 0 Å². The van der Waals surface area contributed by atoms with Gasteiger partial charge in [-0.3, -0.25) is 4.79 Å². The first-order chi connectivity index (χ1) is 13.8. The molecule has 5 heteroatoms. The minimum atomic E-state index is -0.701. The Labute approximate surface area is 177 Å². The van der Waals surface area contributed by atoms with Crippen LogP contribution in [0.1, 0.15) is 104 Å². The Morgan fingerprint density at radius 2 is 1.79 bits per heavy atom. The molecular formula is C24H44O5. The van der Waals surface area contributed by atoms with Crippen molar-refractivity contribution in [2.45, 2.75) is 116 Å². The molecular weight excluding hydrogens is 368 g/mol. The highest BCUT2D eigenvalue weighted by atomic mass is 16.7. The van der Waals surface area contributed by atoms with Crippen LogP contribution in [0, 0.1) is 17.3 Å². The number of unbranched alkanes of at least 4 members (excludes halogenated alkanes) is 4. The van der Waals surface area contributed by atoms with E-state index in [0.717, 1.165) is 64.2 Å². The van der Waals surface area contributed by atoms with Gasteiger partial charge in [-0.1, -0.05) is 52.9 Å². The number of carboxylic acids is 1. The van der Waals surface area contributed by atoms with Crippen LogP contribution in [0.3, 0.4) is 0 Å². The fraction of sp³-hybridized carbons (Fsp3) is 0.958. The van der Waals surface area contributed by atoms with Gasteiger partial charge >= 0.3 is 5.97 Å². The minimum absolute atomic E-state index is 0.0215. The Hall–Kier alpha value is -0.650. The molecule has 0 unspecified atom stereocenters. The summed E-state index contributed by atoms with van der Waals surface area (Å²) < 4.78 is 12.2. The molecule has 1 aliphatic carbocycles. The molecule has 2 N–H and O–H groups in total. The predicted octanol–water partition coefficient (Wildman–Crippen LogP) is 5.54. The molecule has 1 saturated heterocycles. The lowest BCUT2D eigenvalue weighted by atomic mass is 9.77. The summed E-state index contributed by atoms with van der Waals surface area (Å²) in [6.45, 7) is 7.97. The lowest BCUT2D eigenvalue weighted by Crippen LogP contribution is -2.37. The van der Waals surface area contributed by atoms with E-state index in [1.54, 1.807) is 0 Å². The van der Waals surface area contributed by atoms with Crippen LogP contribution >= 0.6 is 0 Å². The number of carbonyl (C=O) groups is 1. The number of ether oxygens (including phenoxy) is 2. The summed E-state index contributed by atoms with van der Waals surface area (Å²) in [6, 6.07) is 0. The molecule has 2 aliphatic rings. The van der Waals surface area contributed by atoms with Gasteiger partial charge in [-0.05, 0) is 49.9 Å². The van der Waals surface area contributed by atoms with Crippen molar-refractivity contribution in [2.75, 3.05) is 13.2 Å². The van der Waals surface area contributed by atoms with Gasteiger partial charge in [0, 0.05) is 18.8 Å². The van der Waals surface area contributed by atoms with Gasteiger partial charge < -0.3 is 19.7 Å². The van der Waals surface area contributed by atoms with E-state index >= 15 is 0 Å². The molecule has 0 aromatic carbocycles. The summed E-state index contributed by atoms with van der Waals surface area (Å²) in [4.78, 5) is 10.7. The molecule has 0 amide bonds. The van der Waals surface area contributed by atoms with Crippen molar-refractivity contribution >= 4 is 5.97 Å². The molecule has 0 bridgehead atoms. The van der Waals surface area contributed by atoms with Gasteiger partial charge in [-0.2, -0.15) is 0 Å². The number of carboxylic acid groups (broad SMARTS) is 1. The molecule has 1 saturated carbocycles. The van der Waals surface area contributed by atoms with Crippen molar-refractivity contribution in [3.05, 3.63) is 0 Å². The van der Waals surface area contributed by atoms with Gasteiger partial charge in [0.1, 0.15) is 0 Å². The van der Waals surface area contributed by atoms with E-state index in [1.165, 1.54) is 12.8 Å². The van der Waals surface area contributed by atoms with Crippen LogP contribution < -0.4 is 0 Å². The summed E-state index contributed by atoms with van der Waals surface area (Å²) >= 11 is 0. The maximum Gasteiger partial charge on any atom is 0.303 e. The van der Waals surface area contributed by atoms with E-state index in [4.69, 9.17) is 14.6 Å². The lowest BCUT2D eigenvalue weighted by Gasteiger charge is -2.34. The SMILES string of the molecule is CCCCC(C)(C)[C@@H](O)CC[C@H]1CCC2(OCCO2)[C@@H]1CCCCCCC(=O)O. The summed E-state index contributed by atoms with van der Waals surface area (Å²) in [7, 11) is 0. The monoisotopic (exact) mass is 412 g/mol. The van der Waals surface area contributed by atoms with Crippen molar-refractivity contribution in [1.82, 2.24) is 0 Å². The van der Waals surface area contributed by atoms with Crippen LogP contribution in [0.5, 0.6) is 0 Å². The second-order valence-electron chi connectivity index (χ2n) is 9.95. The second kappa shape index (κ2) is 11.7. The minimum Gasteiger partial charge on any atom is -0.481 e. The molecule has 170 valence electrons. The summed E-state index contributed by atoms with van der Waals surface area (Å²) in [5, 5.41) is 19.6. The molecule has 2 fully saturated rings. The number of rotatable bonds is 14. The van der Waals surface area contributed by atoms with E-state index < -0.39 is 11.8 Å². The van der Waals surface area contributed by atoms with Crippen molar-refractivity contribution < 1.29 is 24.5 Å². The zero-order valence-corrected chi connectivity index (χ0v) is 19.0. The van der Waals surface area contributed by atoms with Gasteiger partial charge in [0.2, 0.25) is 0 Å². The van der Waals surface area contributed by atoms with Crippen molar-refractivity contribution in [1.29, 1.82) is 0 Å². The van der Waals surface area contributed by atoms with Crippen LogP contribution in [0.2, 0.25) is 0 Å². The molecule has 1 aliphatic heterocycles. The van der Waals surface area contributed by atoms with E-state index in [0.29, 0.717) is 25.0 Å². The summed E-state index contributed by atoms with van der Waals surface area (Å²) in [6.07, 6.45) is 12.4. The molecule has 1 heterocycles. The first-order valence-corrected chi connectivity index (χ1v) is 12.0. The zero-order valence-electron chi connectivity index (χ0n) is 19.0. The van der Waals surface area contributed by atoms with Gasteiger partial charge in [0.05, 0.1) is 19.3 Å². The first kappa shape index (κ1) is 24.6. The largest absolute Gasteiger partial charge is 0.481 e. The Kier molecular flexibility index (Phi) is 9.90. The van der Waals surface area contributed by atoms with Crippen LogP contribution in [-0.2, 0) is 14.3 Å². The predicted molar refractivity (Wildman–Crippen MR) is 115 cm³/mol. The number of hydrogen-bond acceptors (Lipinski definition) is 4. The van der Waals surface area contributed by atoms with Gasteiger partial charge in [-0.25, -0.2) is 0 Å². The second-order valence-corrected chi connectivity index (χ2v) is 9.95. The molecule has 2 rings (SSSR count). The van der Waals surface area contributed by atoms with Gasteiger partial charge in [0.25, 0.3) is 0 Å². The number of aliphatic carboxylic acids is 1. The van der Waals surface area contributed by atoms with Crippen LogP contribution in [-0.4, -0.2) is 41.3 Å². The summed E-state index contributed by atoms with van der Waals surface area (Å²) in [5.41, 5.74) is -0.0215. The quantitative estimate of drug-likeness (QED) is 0.366. The Morgan fingerprint density at radius 1 is 1.10 bits per heavy atom. The maximum absolute atomic E-state index is 10.8. The zero-order chi connectivity index (χ0) is 21.3. The Bertz CT molecular complexity index is 484. The maximum atomic E-state index is 10.8. The third-order valence-electron chi connectivity index (χ3n) is 7.32. The highest BCUT2D eigenvalue weighted by molar-refractivity contribution is 5.66. The van der Waals surface area contributed by atoms with E-state index in [9.17, 15) is 9.90 Å². The average molecular weight is 413 g/mol. The van der Waals surface area contributed by atoms with Crippen molar-refractivity contribution in [3.8, 4) is 0 Å². The number of aliphatic hydroxyl groups excluding tert-OH is 1. The molecule has 1 spiro atoms. The molecule has 0 aromatic heterocycles. The van der Waals surface area contributed by atoms with Crippen molar-refractivity contribution in [3.63, 3.8) is 0 Å². The van der Waals surface area contributed by atoms with Crippen LogP contribution in [0.15, 0.2) is 0 Å². The van der Waals surface area contributed by atoms with E-state index in [2.05, 4.69) is 20.8 Å². The van der Waals surface area contributed by atoms with Gasteiger partial charge in [0.15, 0.2) is 5.79 Å². The molecule has 29 heavy (non-hydrogen) atoms. The fourth-order valence-corrected chi connectivity index (χ4v) is 5.32. The van der Waals surface area contributed by atoms with Crippen molar-refractivity contribution in [2.24, 2.45) is 17.3 Å². The third-order valence-corrected chi connectivity index (χ3v) is 7.32. The molecule has 0 aromatic rings. The Balaban J connectivity index is 1.84. The molecule has 3 atom stereocenters. The standard InChI is InChI=1S/C24H44O5/c1-4-5-15-23(2,3)21(25)13-12-19-14-16-24(28-17-18-29-24)20(19)10-8-6-7-9-11-22(26)27/h19-21,25H,4-18H2,1-3H3,(H,26,27)/t19-,20+,21-/m0/s1. The van der Waals surface area contributed by atoms with E-state index in [-0.39, 0.29) is 17.9 Å². The molecule has 5 nitrogen and oxygen atoms in total. The normalized spacial score (nSPS) is 25.0. The first-order valence-electron chi connectivity index (χ1n) is 12.0. The smallest absolute Gasteiger partial charge is 0.303 e. The lowest BCUT2D eigenvalue weighted by molar-refractivity contribution is -0.188. The highest BCUT2D eigenvalue weighted by Gasteiger charge is 2.52. The topological polar surface area (TPSA) is 76.0 Å². The average Bonchev–Trinajstić information content (AvgIpc) is 3.28. The fourth-order valence-electron chi connectivity index (χ4n) is 5.32. The molecule has 0 radical (unpaired) electrons. The highest BCUT2D eigenvalue weighted by Crippen LogP contribution is 2.50. The Morgan fingerprint density at radius 3 is 2.45 bits per heavy atom. The number of aliphatic hydroxyl groups is 1. The third kappa shape index (κ3) is 7.22. The van der Waals surface area contributed by atoms with Gasteiger partial charge in [-0.15, -0.1) is 0 Å². The van der Waals surface area contributed by atoms with Crippen LogP contribution in [0.25, 0.3) is 0 Å².